The van der Waals surface area contributed by atoms with Crippen LogP contribution >= 0.6 is 0 Å². The number of hydrogen-bond donors (Lipinski definition) is 1. The molecule has 0 aliphatic rings. The van der Waals surface area contributed by atoms with Crippen LogP contribution in [0.3, 0.4) is 0 Å². The third kappa shape index (κ3) is 2.72. The van der Waals surface area contributed by atoms with Crippen molar-refractivity contribution in [2.24, 2.45) is 5.73 Å². The van der Waals surface area contributed by atoms with Crippen LogP contribution in [0.25, 0.3) is 11.5 Å². The Kier molecular flexibility index (Phi) is 4.20. The van der Waals surface area contributed by atoms with E-state index < -0.39 is 0 Å². The molecule has 2 aromatic rings. The highest BCUT2D eigenvalue weighted by molar-refractivity contribution is 5.92. The Morgan fingerprint density at radius 1 is 1.40 bits per heavy atom. The monoisotopic (exact) mass is 273 g/mol. The molecular weight excluding hydrogens is 254 g/mol. The molecule has 0 bridgehead atoms. The number of nitrogens with two attached hydrogens (primary N) is 1. The number of aromatic nitrogens is 1. The molecule has 0 fully saturated rings. The zero-order valence-electron chi connectivity index (χ0n) is 12.0. The van der Waals surface area contributed by atoms with Gasteiger partial charge in [0.25, 0.3) is 5.91 Å². The van der Waals surface area contributed by atoms with E-state index in [2.05, 4.69) is 4.98 Å². The van der Waals surface area contributed by atoms with Crippen molar-refractivity contribution in [1.29, 1.82) is 0 Å². The van der Waals surface area contributed by atoms with Gasteiger partial charge in [0.05, 0.1) is 5.69 Å². The van der Waals surface area contributed by atoms with Crippen molar-refractivity contribution in [3.63, 3.8) is 0 Å². The molecule has 0 saturated carbocycles. The zero-order valence-corrected chi connectivity index (χ0v) is 12.0. The fourth-order valence-corrected chi connectivity index (χ4v) is 1.82. The Bertz CT molecular complexity index is 592. The molecule has 20 heavy (non-hydrogen) atoms. The first kappa shape index (κ1) is 14.3. The smallest absolute Gasteiger partial charge is 0.291 e. The summed E-state index contributed by atoms with van der Waals surface area (Å²) in [4.78, 5) is 18.2. The normalized spacial score (nSPS) is 12.2. The van der Waals surface area contributed by atoms with E-state index in [0.717, 1.165) is 5.56 Å². The fourth-order valence-electron chi connectivity index (χ4n) is 1.82. The second kappa shape index (κ2) is 5.88. The van der Waals surface area contributed by atoms with Gasteiger partial charge in [0.15, 0.2) is 0 Å². The number of carbonyl (C=O) groups excluding carboxylic acids is 1. The summed E-state index contributed by atoms with van der Waals surface area (Å²) in [6.07, 6.45) is 0. The van der Waals surface area contributed by atoms with E-state index in [9.17, 15) is 4.79 Å². The van der Waals surface area contributed by atoms with Crippen LogP contribution < -0.4 is 5.73 Å². The van der Waals surface area contributed by atoms with Crippen LogP contribution in [-0.2, 0) is 0 Å². The van der Waals surface area contributed by atoms with Crippen LogP contribution in [0, 0.1) is 6.92 Å². The molecule has 0 radical (unpaired) electrons. The molecule has 1 heterocycles. The maximum atomic E-state index is 12.3. The molecule has 0 saturated heterocycles. The lowest BCUT2D eigenvalue weighted by Crippen LogP contribution is -2.39. The maximum absolute atomic E-state index is 12.3. The number of carbonyl (C=O) groups is 1. The Hall–Kier alpha value is -2.14. The van der Waals surface area contributed by atoms with E-state index in [1.807, 2.05) is 37.3 Å². The molecular formula is C15H19N3O2. The maximum Gasteiger partial charge on any atom is 0.291 e. The number of hydrogen-bond acceptors (Lipinski definition) is 4. The van der Waals surface area contributed by atoms with Gasteiger partial charge < -0.3 is 15.1 Å². The molecule has 2 rings (SSSR count). The number of benzene rings is 1. The van der Waals surface area contributed by atoms with Crippen LogP contribution in [-0.4, -0.2) is 35.4 Å². The highest BCUT2D eigenvalue weighted by Gasteiger charge is 2.23. The van der Waals surface area contributed by atoms with Crippen molar-refractivity contribution in [3.05, 3.63) is 41.8 Å². The molecule has 5 nitrogen and oxygen atoms in total. The van der Waals surface area contributed by atoms with Crippen molar-refractivity contribution in [2.75, 3.05) is 13.6 Å². The quantitative estimate of drug-likeness (QED) is 0.925. The van der Waals surface area contributed by atoms with Crippen LogP contribution in [0.1, 0.15) is 23.2 Å². The van der Waals surface area contributed by atoms with Gasteiger partial charge in [-0.1, -0.05) is 18.2 Å². The van der Waals surface area contributed by atoms with Gasteiger partial charge in [0.1, 0.15) is 0 Å². The van der Waals surface area contributed by atoms with Crippen LogP contribution in [0.2, 0.25) is 0 Å². The summed E-state index contributed by atoms with van der Waals surface area (Å²) in [5, 5.41) is 0. The minimum absolute atomic E-state index is 0.0489. The SMILES string of the molecule is Cc1nc(-c2ccccc2)oc1C(=O)N(C)C(C)CN. The summed E-state index contributed by atoms with van der Waals surface area (Å²) in [5.74, 6) is 0.530. The fraction of sp³-hybridized carbons (Fsp3) is 0.333. The molecule has 1 unspecified atom stereocenters. The van der Waals surface area contributed by atoms with Crippen molar-refractivity contribution in [2.45, 2.75) is 19.9 Å². The second-order valence-electron chi connectivity index (χ2n) is 4.80. The van der Waals surface area contributed by atoms with Crippen molar-refractivity contribution in [3.8, 4) is 11.5 Å². The Morgan fingerprint density at radius 3 is 2.65 bits per heavy atom. The molecule has 1 aromatic heterocycles. The average Bonchev–Trinajstić information content (AvgIpc) is 2.87. The summed E-state index contributed by atoms with van der Waals surface area (Å²) in [5.41, 5.74) is 7.02. The van der Waals surface area contributed by atoms with E-state index in [1.165, 1.54) is 0 Å². The zero-order chi connectivity index (χ0) is 14.7. The largest absolute Gasteiger partial charge is 0.431 e. The standard InChI is InChI=1S/C15H19N3O2/c1-10(9-16)18(3)15(19)13-11(2)17-14(20-13)12-7-5-4-6-8-12/h4-8,10H,9,16H2,1-3H3. The lowest BCUT2D eigenvalue weighted by atomic mass is 10.2. The number of aryl methyl sites for hydroxylation is 1. The number of amides is 1. The Labute approximate surface area is 118 Å². The summed E-state index contributed by atoms with van der Waals surface area (Å²) < 4.78 is 5.63. The first-order valence-corrected chi connectivity index (χ1v) is 6.54. The Morgan fingerprint density at radius 2 is 2.05 bits per heavy atom. The third-order valence-electron chi connectivity index (χ3n) is 3.33. The molecule has 0 spiro atoms. The van der Waals surface area contributed by atoms with Gasteiger partial charge >= 0.3 is 0 Å². The van der Waals surface area contributed by atoms with Crippen LogP contribution in [0.4, 0.5) is 0 Å². The van der Waals surface area contributed by atoms with E-state index in [4.69, 9.17) is 10.2 Å². The molecule has 1 aromatic carbocycles. The second-order valence-corrected chi connectivity index (χ2v) is 4.80. The average molecular weight is 273 g/mol. The van der Waals surface area contributed by atoms with Gasteiger partial charge in [-0.15, -0.1) is 0 Å². The summed E-state index contributed by atoms with van der Waals surface area (Å²) >= 11 is 0. The molecule has 106 valence electrons. The van der Waals surface area contributed by atoms with Crippen LogP contribution in [0.15, 0.2) is 34.7 Å². The van der Waals surface area contributed by atoms with Crippen molar-refractivity contribution >= 4 is 5.91 Å². The predicted molar refractivity (Wildman–Crippen MR) is 77.3 cm³/mol. The number of oxazole rings is 1. The van der Waals surface area contributed by atoms with Gasteiger partial charge in [-0.25, -0.2) is 4.98 Å². The molecule has 0 aliphatic carbocycles. The van der Waals surface area contributed by atoms with Crippen molar-refractivity contribution in [1.82, 2.24) is 9.88 Å². The summed E-state index contributed by atoms with van der Waals surface area (Å²) in [6, 6.07) is 9.46. The molecule has 1 amide bonds. The van der Waals surface area contributed by atoms with Gasteiger partial charge in [0.2, 0.25) is 11.7 Å². The van der Waals surface area contributed by atoms with Gasteiger partial charge in [0, 0.05) is 25.2 Å². The van der Waals surface area contributed by atoms with Gasteiger partial charge in [-0.05, 0) is 26.0 Å². The van der Waals surface area contributed by atoms with Gasteiger partial charge in [-0.2, -0.15) is 0 Å². The van der Waals surface area contributed by atoms with E-state index >= 15 is 0 Å². The molecule has 2 N–H and O–H groups in total. The molecule has 1 atom stereocenters. The number of likely N-dealkylation sites (N-methyl/N-ethyl adjacent to an activating group) is 1. The van der Waals surface area contributed by atoms with E-state index in [0.29, 0.717) is 18.1 Å². The highest BCUT2D eigenvalue weighted by Crippen LogP contribution is 2.22. The Balaban J connectivity index is 2.31. The first-order valence-electron chi connectivity index (χ1n) is 6.54. The minimum atomic E-state index is -0.199. The number of nitrogens with zero attached hydrogens (tertiary/aromatic N) is 2. The topological polar surface area (TPSA) is 72.4 Å². The van der Waals surface area contributed by atoms with E-state index in [-0.39, 0.29) is 17.7 Å². The van der Waals surface area contributed by atoms with Crippen molar-refractivity contribution < 1.29 is 9.21 Å². The van der Waals surface area contributed by atoms with E-state index in [1.54, 1.807) is 18.9 Å². The third-order valence-corrected chi connectivity index (χ3v) is 3.33. The number of rotatable bonds is 4. The van der Waals surface area contributed by atoms with Gasteiger partial charge in [-0.3, -0.25) is 4.79 Å². The first-order chi connectivity index (χ1) is 9.54. The summed E-state index contributed by atoms with van der Waals surface area (Å²) in [6.45, 7) is 4.06. The lowest BCUT2D eigenvalue weighted by molar-refractivity contribution is 0.0716. The minimum Gasteiger partial charge on any atom is -0.431 e. The molecule has 0 aliphatic heterocycles. The van der Waals surface area contributed by atoms with Crippen LogP contribution in [0.5, 0.6) is 0 Å². The summed E-state index contributed by atoms with van der Waals surface area (Å²) in [7, 11) is 1.71. The lowest BCUT2D eigenvalue weighted by Gasteiger charge is -2.22. The molecule has 5 heteroatoms. The predicted octanol–water partition coefficient (Wildman–Crippen LogP) is 2.07. The highest BCUT2D eigenvalue weighted by atomic mass is 16.4.